The summed E-state index contributed by atoms with van der Waals surface area (Å²) in [6, 6.07) is 26.3. The Balaban J connectivity index is 1.48. The van der Waals surface area contributed by atoms with E-state index in [9.17, 15) is 9.59 Å². The minimum Gasteiger partial charge on any atom is -0.281 e. The average molecular weight is 546 g/mol. The Labute approximate surface area is 235 Å². The van der Waals surface area contributed by atoms with Gasteiger partial charge in [0.2, 0.25) is 10.5 Å². The molecular weight excluding hydrogens is 511 g/mol. The third-order valence-electron chi connectivity index (χ3n) is 10.1. The van der Waals surface area contributed by atoms with Crippen LogP contribution in [-0.4, -0.2) is 10.5 Å². The number of benzene rings is 3. The van der Waals surface area contributed by atoms with Gasteiger partial charge in [-0.2, -0.15) is 0 Å². The van der Waals surface area contributed by atoms with Crippen LogP contribution in [0.15, 0.2) is 72.8 Å². The lowest BCUT2D eigenvalue weighted by Gasteiger charge is -2.43. The molecule has 196 valence electrons. The van der Waals surface area contributed by atoms with E-state index in [2.05, 4.69) is 72.8 Å². The van der Waals surface area contributed by atoms with Gasteiger partial charge in [-0.15, -0.1) is 0 Å². The van der Waals surface area contributed by atoms with Gasteiger partial charge >= 0.3 is 0 Å². The molecule has 3 aromatic rings. The van der Waals surface area contributed by atoms with Crippen molar-refractivity contribution in [3.63, 3.8) is 0 Å². The molecule has 2 nitrogen and oxygen atoms in total. The SMILES string of the molecule is O=C(Cl)CCC1(CCC2(CCC(=O)Cl)c3ccccc3C3CCCCC32)c2ccccc2-c2ccccc21. The van der Waals surface area contributed by atoms with Crippen molar-refractivity contribution >= 4 is 33.7 Å². The van der Waals surface area contributed by atoms with Gasteiger partial charge in [0.05, 0.1) is 0 Å². The van der Waals surface area contributed by atoms with Crippen molar-refractivity contribution in [2.24, 2.45) is 5.92 Å². The summed E-state index contributed by atoms with van der Waals surface area (Å²) in [6.07, 6.45) is 8.95. The fraction of sp³-hybridized carbons (Fsp3) is 0.412. The highest BCUT2D eigenvalue weighted by Gasteiger charge is 2.53. The summed E-state index contributed by atoms with van der Waals surface area (Å²) >= 11 is 12.0. The average Bonchev–Trinajstić information content (AvgIpc) is 3.38. The van der Waals surface area contributed by atoms with Gasteiger partial charge < -0.3 is 0 Å². The van der Waals surface area contributed by atoms with Crippen LogP contribution in [0.1, 0.15) is 92.4 Å². The first-order valence-electron chi connectivity index (χ1n) is 14.1. The van der Waals surface area contributed by atoms with Crippen LogP contribution >= 0.6 is 23.2 Å². The molecule has 1 saturated carbocycles. The molecule has 0 bridgehead atoms. The van der Waals surface area contributed by atoms with Crippen LogP contribution in [0.25, 0.3) is 11.1 Å². The molecule has 3 aliphatic carbocycles. The number of carbonyl (C=O) groups is 2. The van der Waals surface area contributed by atoms with Crippen LogP contribution < -0.4 is 0 Å². The number of carbonyl (C=O) groups excluding carboxylic acids is 2. The maximum atomic E-state index is 12.2. The molecule has 0 amide bonds. The number of rotatable bonds is 9. The molecule has 6 rings (SSSR count). The first kappa shape index (κ1) is 25.8. The van der Waals surface area contributed by atoms with Crippen LogP contribution in [0.2, 0.25) is 0 Å². The van der Waals surface area contributed by atoms with Crippen molar-refractivity contribution in [3.05, 3.63) is 95.1 Å². The lowest BCUT2D eigenvalue weighted by Crippen LogP contribution is -2.38. The number of halogens is 2. The summed E-state index contributed by atoms with van der Waals surface area (Å²) in [5, 5.41) is -0.535. The third kappa shape index (κ3) is 4.16. The van der Waals surface area contributed by atoms with Crippen LogP contribution in [0.5, 0.6) is 0 Å². The van der Waals surface area contributed by atoms with Gasteiger partial charge in [0, 0.05) is 18.3 Å². The van der Waals surface area contributed by atoms with E-state index in [1.54, 1.807) is 0 Å². The van der Waals surface area contributed by atoms with Crippen molar-refractivity contribution in [1.82, 2.24) is 0 Å². The Morgan fingerprint density at radius 2 is 1.21 bits per heavy atom. The summed E-state index contributed by atoms with van der Waals surface area (Å²) < 4.78 is 0. The van der Waals surface area contributed by atoms with Crippen LogP contribution in [0.4, 0.5) is 0 Å². The van der Waals surface area contributed by atoms with Crippen LogP contribution in [-0.2, 0) is 20.4 Å². The van der Waals surface area contributed by atoms with Crippen molar-refractivity contribution < 1.29 is 9.59 Å². The largest absolute Gasteiger partial charge is 0.281 e. The van der Waals surface area contributed by atoms with Crippen molar-refractivity contribution in [2.45, 2.75) is 81.0 Å². The summed E-state index contributed by atoms with van der Waals surface area (Å²) in [4.78, 5) is 24.3. The predicted molar refractivity (Wildman–Crippen MR) is 155 cm³/mol. The van der Waals surface area contributed by atoms with Crippen LogP contribution in [0.3, 0.4) is 0 Å². The smallest absolute Gasteiger partial charge is 0.221 e. The van der Waals surface area contributed by atoms with Gasteiger partial charge in [-0.25, -0.2) is 0 Å². The Hall–Kier alpha value is -2.42. The molecule has 3 aliphatic rings. The second kappa shape index (κ2) is 10.3. The normalized spacial score (nSPS) is 24.3. The molecule has 0 N–H and O–H groups in total. The molecule has 3 aromatic carbocycles. The lowest BCUT2D eigenvalue weighted by molar-refractivity contribution is -0.113. The molecule has 3 unspecified atom stereocenters. The zero-order valence-corrected chi connectivity index (χ0v) is 23.2. The third-order valence-corrected chi connectivity index (χ3v) is 10.4. The van der Waals surface area contributed by atoms with E-state index < -0.39 is 0 Å². The second-order valence-electron chi connectivity index (χ2n) is 11.6. The van der Waals surface area contributed by atoms with E-state index in [0.717, 1.165) is 19.3 Å². The maximum Gasteiger partial charge on any atom is 0.221 e. The molecule has 0 radical (unpaired) electrons. The van der Waals surface area contributed by atoms with E-state index in [-0.39, 0.29) is 21.3 Å². The fourth-order valence-electron chi connectivity index (χ4n) is 8.55. The topological polar surface area (TPSA) is 34.1 Å². The van der Waals surface area contributed by atoms with Gasteiger partial charge in [0.25, 0.3) is 0 Å². The van der Waals surface area contributed by atoms with E-state index in [1.165, 1.54) is 59.1 Å². The molecule has 1 fully saturated rings. The summed E-state index contributed by atoms with van der Waals surface area (Å²) in [6.45, 7) is 0. The van der Waals surface area contributed by atoms with Crippen molar-refractivity contribution in [2.75, 3.05) is 0 Å². The molecule has 38 heavy (non-hydrogen) atoms. The summed E-state index contributed by atoms with van der Waals surface area (Å²) in [5.74, 6) is 1.07. The molecule has 0 saturated heterocycles. The zero-order valence-electron chi connectivity index (χ0n) is 21.7. The fourth-order valence-corrected chi connectivity index (χ4v) is 8.74. The summed E-state index contributed by atoms with van der Waals surface area (Å²) in [5.41, 5.74) is 7.64. The Morgan fingerprint density at radius 1 is 0.658 bits per heavy atom. The molecule has 0 spiro atoms. The zero-order chi connectivity index (χ0) is 26.3. The molecule has 0 aliphatic heterocycles. The molecule has 0 aromatic heterocycles. The standard InChI is InChI=1S/C34H34Cl2O2/c35-31(37)17-19-33(27-13-5-1-9-23(27)24-10-2-6-14-28(24)33)21-22-34(20-18-32(36)38)29-15-7-3-11-25(29)26-12-4-8-16-30(26)34/h1-3,5-7,9-11,13-15,26,30H,4,8,12,16-22H2. The highest BCUT2D eigenvalue weighted by atomic mass is 35.5. The van der Waals surface area contributed by atoms with E-state index in [0.29, 0.717) is 31.1 Å². The molecule has 0 heterocycles. The van der Waals surface area contributed by atoms with Gasteiger partial charge in [0.15, 0.2) is 0 Å². The number of hydrogen-bond donors (Lipinski definition) is 0. The van der Waals surface area contributed by atoms with Crippen molar-refractivity contribution in [1.29, 1.82) is 0 Å². The predicted octanol–water partition coefficient (Wildman–Crippen LogP) is 9.05. The Morgan fingerprint density at radius 3 is 1.87 bits per heavy atom. The molecule has 4 heteroatoms. The minimum atomic E-state index is -0.294. The first-order valence-corrected chi connectivity index (χ1v) is 14.9. The van der Waals surface area contributed by atoms with E-state index in [4.69, 9.17) is 23.2 Å². The van der Waals surface area contributed by atoms with E-state index in [1.807, 2.05) is 0 Å². The van der Waals surface area contributed by atoms with Crippen molar-refractivity contribution in [3.8, 4) is 11.1 Å². The van der Waals surface area contributed by atoms with Gasteiger partial charge in [-0.3, -0.25) is 9.59 Å². The molecular formula is C34H34Cl2O2. The monoisotopic (exact) mass is 544 g/mol. The second-order valence-corrected chi connectivity index (χ2v) is 12.5. The number of hydrogen-bond acceptors (Lipinski definition) is 2. The summed E-state index contributed by atoms with van der Waals surface area (Å²) in [7, 11) is 0. The Kier molecular flexibility index (Phi) is 6.99. The van der Waals surface area contributed by atoms with E-state index >= 15 is 0 Å². The molecule has 3 atom stereocenters. The number of fused-ring (bicyclic) bond motifs is 6. The van der Waals surface area contributed by atoms with Gasteiger partial charge in [-0.1, -0.05) is 85.6 Å². The van der Waals surface area contributed by atoms with Crippen LogP contribution in [0, 0.1) is 5.92 Å². The Bertz CT molecular complexity index is 1330. The highest BCUT2D eigenvalue weighted by molar-refractivity contribution is 6.63. The maximum absolute atomic E-state index is 12.2. The highest BCUT2D eigenvalue weighted by Crippen LogP contribution is 2.62. The lowest BCUT2D eigenvalue weighted by atomic mass is 9.60. The first-order chi connectivity index (χ1) is 18.5. The van der Waals surface area contributed by atoms with Gasteiger partial charge in [0.1, 0.15) is 0 Å². The van der Waals surface area contributed by atoms with Gasteiger partial charge in [-0.05, 0) is 112 Å². The minimum absolute atomic E-state index is 0.101. The quantitative estimate of drug-likeness (QED) is 0.251.